The molecule has 0 fully saturated rings. The van der Waals surface area contributed by atoms with Crippen molar-refractivity contribution in [2.45, 2.75) is 19.6 Å². The number of hydrogen-bond acceptors (Lipinski definition) is 3. The van der Waals surface area contributed by atoms with E-state index in [1.807, 2.05) is 30.3 Å². The third kappa shape index (κ3) is 3.56. The van der Waals surface area contributed by atoms with E-state index in [4.69, 9.17) is 9.84 Å². The Hall–Kier alpha value is -1.36. The van der Waals surface area contributed by atoms with Crippen LogP contribution in [0, 0.1) is 0 Å². The van der Waals surface area contributed by atoms with Gasteiger partial charge in [-0.25, -0.2) is 0 Å². The van der Waals surface area contributed by atoms with Gasteiger partial charge in [-0.05, 0) is 42.3 Å². The van der Waals surface area contributed by atoms with Gasteiger partial charge in [0.15, 0.2) is 0 Å². The van der Waals surface area contributed by atoms with E-state index in [-0.39, 0.29) is 6.61 Å². The van der Waals surface area contributed by atoms with Gasteiger partial charge in [-0.1, -0.05) is 34.1 Å². The summed E-state index contributed by atoms with van der Waals surface area (Å²) in [6, 6.07) is 12.7. The summed E-state index contributed by atoms with van der Waals surface area (Å²) in [6.07, 6.45) is -0.527. The molecule has 0 aliphatic carbocycles. The molecular formula is C15H15BrO3. The Balaban J connectivity index is 2.21. The maximum Gasteiger partial charge on any atom is 0.128 e. The maximum absolute atomic E-state index is 9.55. The second-order valence-electron chi connectivity index (χ2n) is 4.27. The fraction of sp³-hybridized carbons (Fsp3) is 0.200. The highest BCUT2D eigenvalue weighted by Crippen LogP contribution is 2.30. The van der Waals surface area contributed by atoms with E-state index < -0.39 is 6.10 Å². The van der Waals surface area contributed by atoms with Crippen molar-refractivity contribution in [3.05, 3.63) is 58.1 Å². The fourth-order valence-electron chi connectivity index (χ4n) is 1.75. The Morgan fingerprint density at radius 2 is 1.89 bits per heavy atom. The van der Waals surface area contributed by atoms with Gasteiger partial charge in [-0.15, -0.1) is 0 Å². The lowest BCUT2D eigenvalue weighted by atomic mass is 10.1. The van der Waals surface area contributed by atoms with E-state index in [1.54, 1.807) is 19.1 Å². The summed E-state index contributed by atoms with van der Waals surface area (Å²) in [4.78, 5) is 0. The van der Waals surface area contributed by atoms with Gasteiger partial charge >= 0.3 is 0 Å². The molecule has 2 N–H and O–H groups in total. The number of halogens is 1. The first-order valence-electron chi connectivity index (χ1n) is 5.95. The monoisotopic (exact) mass is 322 g/mol. The smallest absolute Gasteiger partial charge is 0.128 e. The van der Waals surface area contributed by atoms with Crippen molar-refractivity contribution in [2.75, 3.05) is 0 Å². The van der Waals surface area contributed by atoms with Crippen molar-refractivity contribution >= 4 is 15.9 Å². The molecule has 1 atom stereocenters. The van der Waals surface area contributed by atoms with Crippen molar-refractivity contribution in [1.82, 2.24) is 0 Å². The third-order valence-corrected chi connectivity index (χ3v) is 3.43. The lowest BCUT2D eigenvalue weighted by Gasteiger charge is -2.11. The van der Waals surface area contributed by atoms with E-state index in [2.05, 4.69) is 15.9 Å². The van der Waals surface area contributed by atoms with Gasteiger partial charge in [0.2, 0.25) is 0 Å². The zero-order chi connectivity index (χ0) is 13.8. The van der Waals surface area contributed by atoms with E-state index in [0.29, 0.717) is 11.5 Å². The van der Waals surface area contributed by atoms with Gasteiger partial charge in [0.1, 0.15) is 11.5 Å². The largest absolute Gasteiger partial charge is 0.457 e. The van der Waals surface area contributed by atoms with E-state index in [0.717, 1.165) is 15.6 Å². The molecule has 4 heteroatoms. The van der Waals surface area contributed by atoms with Crippen molar-refractivity contribution in [3.8, 4) is 11.5 Å². The molecule has 0 spiro atoms. The van der Waals surface area contributed by atoms with Crippen LogP contribution in [-0.4, -0.2) is 10.2 Å². The summed E-state index contributed by atoms with van der Waals surface area (Å²) in [5.74, 6) is 1.34. The lowest BCUT2D eigenvalue weighted by Crippen LogP contribution is -1.93. The normalized spacial score (nSPS) is 12.2. The van der Waals surface area contributed by atoms with Crippen molar-refractivity contribution in [3.63, 3.8) is 0 Å². The summed E-state index contributed by atoms with van der Waals surface area (Å²) in [5.41, 5.74) is 1.62. The molecule has 100 valence electrons. The first-order chi connectivity index (χ1) is 9.10. The highest BCUT2D eigenvalue weighted by Gasteiger charge is 2.07. The minimum atomic E-state index is -0.527. The molecule has 0 bridgehead atoms. The van der Waals surface area contributed by atoms with Gasteiger partial charge in [0.05, 0.1) is 12.7 Å². The zero-order valence-electron chi connectivity index (χ0n) is 10.5. The van der Waals surface area contributed by atoms with Gasteiger partial charge in [0.25, 0.3) is 0 Å². The summed E-state index contributed by atoms with van der Waals surface area (Å²) in [7, 11) is 0. The zero-order valence-corrected chi connectivity index (χ0v) is 12.1. The number of aliphatic hydroxyl groups is 2. The van der Waals surface area contributed by atoms with Crippen LogP contribution in [0.4, 0.5) is 0 Å². The highest BCUT2D eigenvalue weighted by atomic mass is 79.9. The Morgan fingerprint density at radius 3 is 2.53 bits per heavy atom. The molecule has 2 rings (SSSR count). The molecule has 0 aromatic heterocycles. The second-order valence-corrected chi connectivity index (χ2v) is 5.12. The standard InChI is InChI=1S/C15H15BrO3/c1-10(18)14-6-5-13(8-15(14)16)19-12-4-2-3-11(7-12)9-17/h2-8,10,17-18H,9H2,1H3/t10-/m1/s1. The predicted octanol–water partition coefficient (Wildman–Crippen LogP) is 3.79. The molecular weight excluding hydrogens is 308 g/mol. The van der Waals surface area contributed by atoms with E-state index >= 15 is 0 Å². The predicted molar refractivity (Wildman–Crippen MR) is 77.2 cm³/mol. The van der Waals surface area contributed by atoms with Gasteiger partial charge in [-0.2, -0.15) is 0 Å². The van der Waals surface area contributed by atoms with Crippen molar-refractivity contribution in [2.24, 2.45) is 0 Å². The second kappa shape index (κ2) is 6.19. The van der Waals surface area contributed by atoms with Crippen LogP contribution >= 0.6 is 15.9 Å². The number of aliphatic hydroxyl groups excluding tert-OH is 2. The molecule has 0 aliphatic heterocycles. The number of ether oxygens (including phenoxy) is 1. The van der Waals surface area contributed by atoms with Crippen LogP contribution < -0.4 is 4.74 Å². The number of rotatable bonds is 4. The average molecular weight is 323 g/mol. The molecule has 19 heavy (non-hydrogen) atoms. The van der Waals surface area contributed by atoms with Crippen LogP contribution in [0.1, 0.15) is 24.2 Å². The molecule has 0 radical (unpaired) electrons. The minimum absolute atomic E-state index is 0.0120. The molecule has 2 aromatic rings. The molecule has 0 unspecified atom stereocenters. The van der Waals surface area contributed by atoms with E-state index in [9.17, 15) is 5.11 Å². The molecule has 0 heterocycles. The SMILES string of the molecule is C[C@@H](O)c1ccc(Oc2cccc(CO)c2)cc1Br. The van der Waals surface area contributed by atoms with Crippen LogP contribution in [0.5, 0.6) is 11.5 Å². The summed E-state index contributed by atoms with van der Waals surface area (Å²) in [6.45, 7) is 1.70. The quantitative estimate of drug-likeness (QED) is 0.900. The molecule has 3 nitrogen and oxygen atoms in total. The molecule has 0 aliphatic rings. The topological polar surface area (TPSA) is 49.7 Å². The van der Waals surface area contributed by atoms with Crippen molar-refractivity contribution < 1.29 is 14.9 Å². The van der Waals surface area contributed by atoms with Crippen LogP contribution in [0.25, 0.3) is 0 Å². The highest BCUT2D eigenvalue weighted by molar-refractivity contribution is 9.10. The van der Waals surface area contributed by atoms with Gasteiger partial charge in [-0.3, -0.25) is 0 Å². The average Bonchev–Trinajstić information content (AvgIpc) is 2.38. The van der Waals surface area contributed by atoms with Gasteiger partial charge in [0, 0.05) is 4.47 Å². The summed E-state index contributed by atoms with van der Waals surface area (Å²) < 4.78 is 6.52. The Bertz CT molecular complexity index is 567. The Kier molecular flexibility index (Phi) is 4.58. The first-order valence-corrected chi connectivity index (χ1v) is 6.74. The molecule has 0 saturated heterocycles. The van der Waals surface area contributed by atoms with Crippen LogP contribution in [0.2, 0.25) is 0 Å². The third-order valence-electron chi connectivity index (χ3n) is 2.74. The minimum Gasteiger partial charge on any atom is -0.457 e. The fourth-order valence-corrected chi connectivity index (χ4v) is 2.44. The maximum atomic E-state index is 9.55. The molecule has 0 amide bonds. The molecule has 2 aromatic carbocycles. The Morgan fingerprint density at radius 1 is 1.16 bits per heavy atom. The van der Waals surface area contributed by atoms with Crippen LogP contribution in [-0.2, 0) is 6.61 Å². The van der Waals surface area contributed by atoms with E-state index in [1.165, 1.54) is 0 Å². The summed E-state index contributed by atoms with van der Waals surface area (Å²) >= 11 is 3.41. The van der Waals surface area contributed by atoms with Crippen LogP contribution in [0.3, 0.4) is 0 Å². The van der Waals surface area contributed by atoms with Crippen molar-refractivity contribution in [1.29, 1.82) is 0 Å². The van der Waals surface area contributed by atoms with Gasteiger partial charge < -0.3 is 14.9 Å². The Labute approximate surface area is 120 Å². The lowest BCUT2D eigenvalue weighted by molar-refractivity contribution is 0.198. The number of benzene rings is 2. The first kappa shape index (κ1) is 14.1. The van der Waals surface area contributed by atoms with Crippen LogP contribution in [0.15, 0.2) is 46.9 Å². The molecule has 0 saturated carbocycles. The summed E-state index contributed by atoms with van der Waals surface area (Å²) in [5, 5.41) is 18.6. The number of hydrogen-bond donors (Lipinski definition) is 2.